The number of ketones is 1. The van der Waals surface area contributed by atoms with Crippen LogP contribution in [0.15, 0.2) is 0 Å². The average Bonchev–Trinajstić information content (AvgIpc) is 2.20. The number of hydrogen-bond donors (Lipinski definition) is 1. The number of carbonyl (C=O) groups is 1. The second-order valence-corrected chi connectivity index (χ2v) is 3.53. The van der Waals surface area contributed by atoms with Gasteiger partial charge in [0.05, 0.1) is 32.3 Å². The Hall–Kier alpha value is -0.450. The van der Waals surface area contributed by atoms with Crippen molar-refractivity contribution in [3.63, 3.8) is 0 Å². The fraction of sp³-hybridized carbons (Fsp3) is 0.889. The van der Waals surface area contributed by atoms with E-state index in [4.69, 9.17) is 9.47 Å². The van der Waals surface area contributed by atoms with Crippen LogP contribution in [0.5, 0.6) is 0 Å². The van der Waals surface area contributed by atoms with Crippen LogP contribution in [0.25, 0.3) is 0 Å². The van der Waals surface area contributed by atoms with Crippen molar-refractivity contribution in [3.05, 3.63) is 0 Å². The van der Waals surface area contributed by atoms with E-state index in [0.717, 1.165) is 13.2 Å². The topological polar surface area (TPSA) is 47.6 Å². The molecule has 2 aliphatic heterocycles. The third-order valence-corrected chi connectivity index (χ3v) is 2.64. The second-order valence-electron chi connectivity index (χ2n) is 3.53. The fourth-order valence-corrected chi connectivity index (χ4v) is 1.85. The highest BCUT2D eigenvalue weighted by Crippen LogP contribution is 2.15. The van der Waals surface area contributed by atoms with Gasteiger partial charge in [0.2, 0.25) is 0 Å². The zero-order valence-corrected chi connectivity index (χ0v) is 7.62. The van der Waals surface area contributed by atoms with Gasteiger partial charge in [-0.25, -0.2) is 0 Å². The van der Waals surface area contributed by atoms with E-state index in [1.54, 1.807) is 0 Å². The van der Waals surface area contributed by atoms with Gasteiger partial charge in [0.1, 0.15) is 5.78 Å². The SMILES string of the molecule is O=C1CCOCC1C1COCCN1. The van der Waals surface area contributed by atoms with Crippen LogP contribution in [-0.2, 0) is 14.3 Å². The first-order valence-corrected chi connectivity index (χ1v) is 4.79. The molecule has 2 heterocycles. The summed E-state index contributed by atoms with van der Waals surface area (Å²) in [6.07, 6.45) is 0.558. The minimum absolute atomic E-state index is 0.00838. The zero-order chi connectivity index (χ0) is 9.10. The maximum Gasteiger partial charge on any atom is 0.142 e. The van der Waals surface area contributed by atoms with Crippen molar-refractivity contribution >= 4 is 5.78 Å². The minimum Gasteiger partial charge on any atom is -0.380 e. The van der Waals surface area contributed by atoms with Gasteiger partial charge in [-0.3, -0.25) is 4.79 Å². The molecular formula is C9H15NO3. The molecule has 0 aromatic carbocycles. The summed E-state index contributed by atoms with van der Waals surface area (Å²) in [7, 11) is 0. The Balaban J connectivity index is 1.92. The number of hydrogen-bond acceptors (Lipinski definition) is 4. The maximum absolute atomic E-state index is 11.5. The number of rotatable bonds is 1. The van der Waals surface area contributed by atoms with Crippen LogP contribution in [-0.4, -0.2) is 44.8 Å². The third kappa shape index (κ3) is 2.07. The van der Waals surface area contributed by atoms with Crippen LogP contribution in [0, 0.1) is 5.92 Å². The first kappa shape index (κ1) is 9.12. The van der Waals surface area contributed by atoms with Crippen molar-refractivity contribution in [3.8, 4) is 0 Å². The van der Waals surface area contributed by atoms with Crippen molar-refractivity contribution < 1.29 is 14.3 Å². The minimum atomic E-state index is 0.00838. The number of morpholine rings is 1. The predicted molar refractivity (Wildman–Crippen MR) is 46.5 cm³/mol. The van der Waals surface area contributed by atoms with Crippen LogP contribution in [0.4, 0.5) is 0 Å². The summed E-state index contributed by atoms with van der Waals surface area (Å²) in [6.45, 7) is 3.37. The Bertz CT molecular complexity index is 189. The van der Waals surface area contributed by atoms with E-state index in [0.29, 0.717) is 32.0 Å². The first-order valence-electron chi connectivity index (χ1n) is 4.79. The van der Waals surface area contributed by atoms with Crippen LogP contribution in [0.1, 0.15) is 6.42 Å². The van der Waals surface area contributed by atoms with E-state index >= 15 is 0 Å². The van der Waals surface area contributed by atoms with Gasteiger partial charge in [0.25, 0.3) is 0 Å². The van der Waals surface area contributed by atoms with E-state index in [2.05, 4.69) is 5.32 Å². The van der Waals surface area contributed by atoms with Gasteiger partial charge in [-0.15, -0.1) is 0 Å². The van der Waals surface area contributed by atoms with Crippen LogP contribution in [0.3, 0.4) is 0 Å². The Morgan fingerprint density at radius 1 is 1.23 bits per heavy atom. The van der Waals surface area contributed by atoms with E-state index in [1.807, 2.05) is 0 Å². The summed E-state index contributed by atoms with van der Waals surface area (Å²) >= 11 is 0. The summed E-state index contributed by atoms with van der Waals surface area (Å²) in [5.74, 6) is 0.322. The lowest BCUT2D eigenvalue weighted by atomic mass is 9.92. The van der Waals surface area contributed by atoms with Crippen molar-refractivity contribution in [1.29, 1.82) is 0 Å². The molecule has 0 spiro atoms. The molecule has 0 amide bonds. The van der Waals surface area contributed by atoms with Crippen LogP contribution in [0.2, 0.25) is 0 Å². The largest absolute Gasteiger partial charge is 0.380 e. The lowest BCUT2D eigenvalue weighted by Crippen LogP contribution is -2.51. The molecule has 4 nitrogen and oxygen atoms in total. The van der Waals surface area contributed by atoms with E-state index in [9.17, 15) is 4.79 Å². The van der Waals surface area contributed by atoms with Gasteiger partial charge in [-0.2, -0.15) is 0 Å². The van der Waals surface area contributed by atoms with E-state index in [-0.39, 0.29) is 12.0 Å². The zero-order valence-electron chi connectivity index (χ0n) is 7.62. The summed E-state index contributed by atoms with van der Waals surface area (Å²) in [5.41, 5.74) is 0. The Kier molecular flexibility index (Phi) is 2.93. The normalized spacial score (nSPS) is 36.2. The van der Waals surface area contributed by atoms with Gasteiger partial charge in [0.15, 0.2) is 0 Å². The molecular weight excluding hydrogens is 170 g/mol. The summed E-state index contributed by atoms with van der Waals surface area (Å²) in [5, 5.41) is 3.29. The number of nitrogens with one attached hydrogen (secondary N) is 1. The average molecular weight is 185 g/mol. The molecule has 2 rings (SSSR count). The van der Waals surface area contributed by atoms with Crippen molar-refractivity contribution in [1.82, 2.24) is 5.32 Å². The Morgan fingerprint density at radius 3 is 2.77 bits per heavy atom. The molecule has 0 radical (unpaired) electrons. The lowest BCUT2D eigenvalue weighted by Gasteiger charge is -2.32. The van der Waals surface area contributed by atoms with Crippen LogP contribution < -0.4 is 5.32 Å². The highest BCUT2D eigenvalue weighted by atomic mass is 16.5. The summed E-state index contributed by atoms with van der Waals surface area (Å²) in [4.78, 5) is 11.5. The molecule has 13 heavy (non-hydrogen) atoms. The summed E-state index contributed by atoms with van der Waals surface area (Å²) < 4.78 is 10.6. The molecule has 2 atom stereocenters. The number of ether oxygens (including phenoxy) is 2. The van der Waals surface area contributed by atoms with Crippen molar-refractivity contribution in [2.45, 2.75) is 12.5 Å². The highest BCUT2D eigenvalue weighted by Gasteiger charge is 2.31. The third-order valence-electron chi connectivity index (χ3n) is 2.64. The second kappa shape index (κ2) is 4.17. The Labute approximate surface area is 77.6 Å². The van der Waals surface area contributed by atoms with Gasteiger partial charge in [-0.1, -0.05) is 0 Å². The molecule has 2 unspecified atom stereocenters. The summed E-state index contributed by atoms with van der Waals surface area (Å²) in [6, 6.07) is 0.168. The molecule has 2 fully saturated rings. The van der Waals surface area contributed by atoms with Crippen LogP contribution >= 0.6 is 0 Å². The molecule has 74 valence electrons. The van der Waals surface area contributed by atoms with E-state index in [1.165, 1.54) is 0 Å². The highest BCUT2D eigenvalue weighted by molar-refractivity contribution is 5.82. The monoisotopic (exact) mass is 185 g/mol. The molecule has 0 aliphatic carbocycles. The molecule has 0 bridgehead atoms. The van der Waals surface area contributed by atoms with Crippen molar-refractivity contribution in [2.24, 2.45) is 5.92 Å². The van der Waals surface area contributed by atoms with E-state index < -0.39 is 0 Å². The molecule has 2 aliphatic rings. The van der Waals surface area contributed by atoms with Gasteiger partial charge < -0.3 is 14.8 Å². The van der Waals surface area contributed by atoms with Gasteiger partial charge in [-0.05, 0) is 0 Å². The molecule has 0 saturated carbocycles. The Morgan fingerprint density at radius 2 is 2.08 bits per heavy atom. The molecule has 0 aromatic heterocycles. The molecule has 1 N–H and O–H groups in total. The molecule has 2 saturated heterocycles. The number of carbonyl (C=O) groups excluding carboxylic acids is 1. The van der Waals surface area contributed by atoms with Gasteiger partial charge in [0, 0.05) is 19.0 Å². The molecule has 0 aromatic rings. The smallest absolute Gasteiger partial charge is 0.142 e. The fourth-order valence-electron chi connectivity index (χ4n) is 1.85. The molecule has 4 heteroatoms. The van der Waals surface area contributed by atoms with Crippen molar-refractivity contribution in [2.75, 3.05) is 33.0 Å². The number of Topliss-reactive ketones (excluding diaryl/α,β-unsaturated/α-hetero) is 1. The quantitative estimate of drug-likeness (QED) is 0.603. The standard InChI is InChI=1S/C9H15NO3/c11-9-1-3-12-5-7(9)8-6-13-4-2-10-8/h7-8,10H,1-6H2. The van der Waals surface area contributed by atoms with Gasteiger partial charge >= 0.3 is 0 Å². The lowest BCUT2D eigenvalue weighted by molar-refractivity contribution is -0.133. The first-order chi connectivity index (χ1) is 6.38. The maximum atomic E-state index is 11.5. The predicted octanol–water partition coefficient (Wildman–Crippen LogP) is -0.420.